The number of hydrogen-bond donors (Lipinski definition) is 1. The van der Waals surface area contributed by atoms with Gasteiger partial charge in [-0.1, -0.05) is 15.9 Å². The first-order chi connectivity index (χ1) is 8.06. The van der Waals surface area contributed by atoms with E-state index in [0.29, 0.717) is 4.47 Å². The molecule has 1 heterocycles. The lowest BCUT2D eigenvalue weighted by Gasteiger charge is -2.06. The van der Waals surface area contributed by atoms with Crippen LogP contribution in [0.2, 0.25) is 0 Å². The summed E-state index contributed by atoms with van der Waals surface area (Å²) in [6.07, 6.45) is 1.35. The Morgan fingerprint density at radius 2 is 2.06 bits per heavy atom. The molecule has 2 rings (SSSR count). The normalized spacial score (nSPS) is 10.3. The molecule has 88 valence electrons. The Hall–Kier alpha value is -1.76. The monoisotopic (exact) mass is 301 g/mol. The third-order valence-corrected chi connectivity index (χ3v) is 2.27. The smallest absolute Gasteiger partial charge is 0.323 e. The van der Waals surface area contributed by atoms with E-state index in [4.69, 9.17) is 10.5 Å². The second kappa shape index (κ2) is 4.62. The molecule has 17 heavy (non-hydrogen) atoms. The summed E-state index contributed by atoms with van der Waals surface area (Å²) in [5.74, 6) is -2.29. The van der Waals surface area contributed by atoms with Crippen LogP contribution in [0.15, 0.2) is 28.9 Å². The maximum Gasteiger partial charge on any atom is 0.323 e. The highest BCUT2D eigenvalue weighted by Gasteiger charge is 2.13. The molecule has 0 unspecified atom stereocenters. The molecule has 0 atom stereocenters. The van der Waals surface area contributed by atoms with E-state index in [1.165, 1.54) is 18.3 Å². The van der Waals surface area contributed by atoms with E-state index < -0.39 is 11.6 Å². The molecule has 0 saturated heterocycles. The van der Waals surface area contributed by atoms with E-state index in [9.17, 15) is 8.78 Å². The minimum absolute atomic E-state index is 0.151. The minimum atomic E-state index is -1.11. The lowest BCUT2D eigenvalue weighted by atomic mass is 10.3. The van der Waals surface area contributed by atoms with Crippen LogP contribution in [0.3, 0.4) is 0 Å². The Morgan fingerprint density at radius 1 is 1.29 bits per heavy atom. The van der Waals surface area contributed by atoms with Gasteiger partial charge in [0.05, 0.1) is 0 Å². The molecule has 0 aliphatic rings. The van der Waals surface area contributed by atoms with Crippen molar-refractivity contribution in [1.29, 1.82) is 0 Å². The number of benzene rings is 1. The molecule has 0 aliphatic carbocycles. The molecule has 0 spiro atoms. The lowest BCUT2D eigenvalue weighted by Crippen LogP contribution is -1.98. The van der Waals surface area contributed by atoms with Crippen LogP contribution in [-0.4, -0.2) is 9.97 Å². The van der Waals surface area contributed by atoms with E-state index in [1.54, 1.807) is 0 Å². The van der Waals surface area contributed by atoms with Gasteiger partial charge in [-0.15, -0.1) is 0 Å². The number of hydrogen-bond acceptors (Lipinski definition) is 4. The Kier molecular flexibility index (Phi) is 3.19. The van der Waals surface area contributed by atoms with Gasteiger partial charge in [0.2, 0.25) is 5.82 Å². The number of ether oxygens (including phenoxy) is 1. The third kappa shape index (κ3) is 2.68. The lowest BCUT2D eigenvalue weighted by molar-refractivity contribution is 0.393. The van der Waals surface area contributed by atoms with Gasteiger partial charge < -0.3 is 10.5 Å². The van der Waals surface area contributed by atoms with Crippen molar-refractivity contribution in [2.24, 2.45) is 0 Å². The summed E-state index contributed by atoms with van der Waals surface area (Å²) in [6.45, 7) is 0. The zero-order valence-electron chi connectivity index (χ0n) is 8.32. The average molecular weight is 302 g/mol. The highest BCUT2D eigenvalue weighted by molar-refractivity contribution is 9.10. The Morgan fingerprint density at radius 3 is 2.76 bits per heavy atom. The van der Waals surface area contributed by atoms with Gasteiger partial charge in [0.15, 0.2) is 11.6 Å². The van der Waals surface area contributed by atoms with E-state index in [-0.39, 0.29) is 17.6 Å². The van der Waals surface area contributed by atoms with Crippen LogP contribution in [0.1, 0.15) is 0 Å². The van der Waals surface area contributed by atoms with Crippen molar-refractivity contribution in [3.8, 4) is 11.8 Å². The molecule has 1 aromatic carbocycles. The summed E-state index contributed by atoms with van der Waals surface area (Å²) in [5, 5.41) is 0. The zero-order chi connectivity index (χ0) is 12.4. The first-order valence-electron chi connectivity index (χ1n) is 4.47. The predicted octanol–water partition coefficient (Wildman–Crippen LogP) is 2.89. The van der Waals surface area contributed by atoms with Crippen LogP contribution in [0.25, 0.3) is 0 Å². The summed E-state index contributed by atoms with van der Waals surface area (Å²) in [6, 6.07) is 3.55. The predicted molar refractivity (Wildman–Crippen MR) is 60.6 cm³/mol. The third-order valence-electron chi connectivity index (χ3n) is 1.82. The van der Waals surface area contributed by atoms with Crippen molar-refractivity contribution in [2.45, 2.75) is 0 Å². The van der Waals surface area contributed by atoms with Gasteiger partial charge in [-0.3, -0.25) is 0 Å². The minimum Gasteiger partial charge on any atom is -0.421 e. The maximum atomic E-state index is 13.4. The Balaban J connectivity index is 2.36. The van der Waals surface area contributed by atoms with E-state index in [2.05, 4.69) is 25.9 Å². The molecule has 0 fully saturated rings. The maximum absolute atomic E-state index is 13.4. The molecule has 4 nitrogen and oxygen atoms in total. The first kappa shape index (κ1) is 11.7. The van der Waals surface area contributed by atoms with Gasteiger partial charge in [-0.05, 0) is 18.2 Å². The fraction of sp³-hybridized carbons (Fsp3) is 0. The molecule has 1 aromatic heterocycles. The summed E-state index contributed by atoms with van der Waals surface area (Å²) < 4.78 is 31.8. The summed E-state index contributed by atoms with van der Waals surface area (Å²) in [5.41, 5.74) is 5.40. The van der Waals surface area contributed by atoms with Gasteiger partial charge in [0.1, 0.15) is 5.82 Å². The van der Waals surface area contributed by atoms with Gasteiger partial charge in [0, 0.05) is 10.7 Å². The largest absolute Gasteiger partial charge is 0.421 e. The second-order valence-electron chi connectivity index (χ2n) is 3.07. The first-order valence-corrected chi connectivity index (χ1v) is 5.26. The summed E-state index contributed by atoms with van der Waals surface area (Å²) >= 11 is 3.02. The van der Waals surface area contributed by atoms with Crippen molar-refractivity contribution in [3.05, 3.63) is 40.5 Å². The molecule has 7 heteroatoms. The molecule has 0 saturated carbocycles. The van der Waals surface area contributed by atoms with E-state index >= 15 is 0 Å². The van der Waals surface area contributed by atoms with Crippen molar-refractivity contribution in [3.63, 3.8) is 0 Å². The number of nitrogens with zero attached hydrogens (tertiary/aromatic N) is 2. The second-order valence-corrected chi connectivity index (χ2v) is 3.98. The number of nitrogen functional groups attached to an aromatic ring is 1. The van der Waals surface area contributed by atoms with Gasteiger partial charge >= 0.3 is 6.01 Å². The fourth-order valence-electron chi connectivity index (χ4n) is 1.11. The molecular weight excluding hydrogens is 296 g/mol. The molecule has 0 bridgehead atoms. The molecule has 0 radical (unpaired) electrons. The molecule has 0 amide bonds. The number of nitrogens with two attached hydrogens (primary N) is 1. The van der Waals surface area contributed by atoms with Crippen molar-refractivity contribution in [2.75, 3.05) is 5.73 Å². The van der Waals surface area contributed by atoms with Crippen molar-refractivity contribution >= 4 is 21.7 Å². The Labute approximate surface area is 104 Å². The Bertz CT molecular complexity index is 565. The number of anilines is 1. The van der Waals surface area contributed by atoms with Gasteiger partial charge in [-0.25, -0.2) is 9.37 Å². The molecule has 2 aromatic rings. The van der Waals surface area contributed by atoms with Crippen LogP contribution in [0.4, 0.5) is 14.6 Å². The van der Waals surface area contributed by atoms with Gasteiger partial charge in [0.25, 0.3) is 0 Å². The van der Waals surface area contributed by atoms with Crippen LogP contribution in [-0.2, 0) is 0 Å². The molecule has 2 N–H and O–H groups in total. The summed E-state index contributed by atoms with van der Waals surface area (Å²) in [4.78, 5) is 7.43. The fourth-order valence-corrected chi connectivity index (χ4v) is 1.52. The quantitative estimate of drug-likeness (QED) is 0.867. The van der Waals surface area contributed by atoms with E-state index in [1.807, 2.05) is 0 Å². The van der Waals surface area contributed by atoms with Gasteiger partial charge in [-0.2, -0.15) is 9.37 Å². The number of rotatable bonds is 2. The molecular formula is C10H6BrF2N3O. The summed E-state index contributed by atoms with van der Waals surface area (Å²) in [7, 11) is 0. The van der Waals surface area contributed by atoms with Crippen molar-refractivity contribution < 1.29 is 13.5 Å². The topological polar surface area (TPSA) is 61.0 Å². The number of aromatic nitrogens is 2. The number of halogens is 3. The molecule has 0 aliphatic heterocycles. The van der Waals surface area contributed by atoms with Crippen LogP contribution in [0.5, 0.6) is 11.8 Å². The van der Waals surface area contributed by atoms with Crippen molar-refractivity contribution in [1.82, 2.24) is 9.97 Å². The zero-order valence-corrected chi connectivity index (χ0v) is 9.91. The van der Waals surface area contributed by atoms with Crippen LogP contribution < -0.4 is 10.5 Å². The van der Waals surface area contributed by atoms with Crippen LogP contribution >= 0.6 is 15.9 Å². The SMILES string of the molecule is Nc1ccnc(Oc2cc(Br)cc(F)c2F)n1. The van der Waals surface area contributed by atoms with E-state index in [0.717, 1.165) is 6.07 Å². The average Bonchev–Trinajstić information content (AvgIpc) is 2.25. The van der Waals surface area contributed by atoms with Crippen LogP contribution in [0, 0.1) is 11.6 Å². The highest BCUT2D eigenvalue weighted by atomic mass is 79.9. The standard InChI is InChI=1S/C10H6BrF2N3O/c11-5-3-6(12)9(13)7(4-5)17-10-15-2-1-8(14)16-10/h1-4H,(H2,14,15,16). The highest BCUT2D eigenvalue weighted by Crippen LogP contribution is 2.28.